The highest BCUT2D eigenvalue weighted by molar-refractivity contribution is 5.95. The van der Waals surface area contributed by atoms with E-state index in [0.717, 1.165) is 38.2 Å². The van der Waals surface area contributed by atoms with Gasteiger partial charge >= 0.3 is 5.97 Å². The number of aromatic hydroxyl groups is 1. The van der Waals surface area contributed by atoms with Crippen molar-refractivity contribution in [1.82, 2.24) is 36.8 Å². The lowest BCUT2D eigenvalue weighted by Gasteiger charge is -2.32. The minimum absolute atomic E-state index is 0.00127. The first-order valence-corrected chi connectivity index (χ1v) is 24.4. The van der Waals surface area contributed by atoms with Crippen LogP contribution in [0.15, 0.2) is 48.6 Å². The number of esters is 1. The number of carbonyl (C=O) groups is 8. The molecule has 0 radical (unpaired) electrons. The molecule has 0 aliphatic carbocycles. The zero-order chi connectivity index (χ0) is 53.4. The van der Waals surface area contributed by atoms with Crippen LogP contribution in [0.3, 0.4) is 0 Å². The molecule has 11 N–H and O–H groups in total. The molecule has 1 heterocycles. The second-order valence-electron chi connectivity index (χ2n) is 19.0. The molecule has 0 fully saturated rings. The highest BCUT2D eigenvalue weighted by Gasteiger charge is 2.37. The predicted molar refractivity (Wildman–Crippen MR) is 263 cm³/mol. The fourth-order valence-corrected chi connectivity index (χ4v) is 7.47. The van der Waals surface area contributed by atoms with Crippen LogP contribution in [-0.4, -0.2) is 159 Å². The van der Waals surface area contributed by atoms with Crippen molar-refractivity contribution in [3.63, 3.8) is 0 Å². The van der Waals surface area contributed by atoms with Gasteiger partial charge in [0.2, 0.25) is 41.4 Å². The molecule has 1 aromatic rings. The number of carbonyl (C=O) groups excluding carboxylic acids is 8. The summed E-state index contributed by atoms with van der Waals surface area (Å²) < 4.78 is 5.63. The van der Waals surface area contributed by atoms with E-state index in [1.807, 2.05) is 6.08 Å². The summed E-state index contributed by atoms with van der Waals surface area (Å²) in [6.07, 6.45) is 6.61. The van der Waals surface area contributed by atoms with Crippen LogP contribution in [-0.2, 0) is 49.5 Å². The van der Waals surface area contributed by atoms with Crippen molar-refractivity contribution in [1.29, 1.82) is 0 Å². The fourth-order valence-electron chi connectivity index (χ4n) is 7.47. The van der Waals surface area contributed by atoms with Gasteiger partial charge in [0, 0.05) is 26.0 Å². The molecule has 9 atom stereocenters. The first-order chi connectivity index (χ1) is 33.5. The Morgan fingerprint density at radius 3 is 1.87 bits per heavy atom. The van der Waals surface area contributed by atoms with Crippen LogP contribution >= 0.6 is 0 Å². The van der Waals surface area contributed by atoms with Crippen molar-refractivity contribution in [2.45, 2.75) is 161 Å². The van der Waals surface area contributed by atoms with Gasteiger partial charge in [-0.05, 0) is 48.3 Å². The quantitative estimate of drug-likeness (QED) is 0.0318. The first-order valence-electron chi connectivity index (χ1n) is 24.4. The molecular formula is C50H79N7O14. The molecule has 0 unspecified atom stereocenters. The van der Waals surface area contributed by atoms with Crippen LogP contribution in [0, 0.1) is 17.8 Å². The average molecular weight is 1000 g/mol. The molecule has 0 saturated carbocycles. The summed E-state index contributed by atoms with van der Waals surface area (Å²) >= 11 is 0. The topological polar surface area (TPSA) is 322 Å². The maximum absolute atomic E-state index is 13.8. The van der Waals surface area contributed by atoms with E-state index in [4.69, 9.17) is 4.74 Å². The van der Waals surface area contributed by atoms with E-state index in [1.54, 1.807) is 59.8 Å². The minimum Gasteiger partial charge on any atom is -0.508 e. The Kier molecular flexibility index (Phi) is 27.1. The number of amides is 7. The standard InChI is InChI=1S/C50H79N7O14/c1-9-10-11-12-13-14-15-16-40(63)52-35(26-58)38(61)24-42(65)56-45(30(4)5)48(68)53-36(27-59)39(62)25-43(66)55-44(29(2)3)47(67)51-33-19-22-41(64)54-46(31(6)7)49(69)57(8)37(50(70)71-28-33)23-32-17-20-34(60)21-18-32/h14-15,17-22,29-31,33,35-39,44-46,58-62H,9-13,16,23-28H2,1-8H3,(H,51,67)(H,52,63)(H,53,68)(H,54,64)(H,55,66)(H,56,65)/b15-14-,22-19-/t33-,35+,36+,37+,38+,39+,44+,45+,46+/m1/s1. The monoisotopic (exact) mass is 1000 g/mol. The normalized spacial score (nSPS) is 19.8. The zero-order valence-corrected chi connectivity index (χ0v) is 42.4. The Morgan fingerprint density at radius 2 is 1.34 bits per heavy atom. The predicted octanol–water partition coefficient (Wildman–Crippen LogP) is 0.155. The van der Waals surface area contributed by atoms with Gasteiger partial charge in [-0.25, -0.2) is 4.79 Å². The number of benzene rings is 1. The number of cyclic esters (lactones) is 1. The number of hydrogen-bond acceptors (Lipinski definition) is 14. The van der Waals surface area contributed by atoms with Crippen LogP contribution < -0.4 is 31.9 Å². The van der Waals surface area contributed by atoms with E-state index in [2.05, 4.69) is 38.8 Å². The summed E-state index contributed by atoms with van der Waals surface area (Å²) in [6.45, 7) is 10.1. The minimum atomic E-state index is -1.70. The Morgan fingerprint density at radius 1 is 0.775 bits per heavy atom. The molecule has 21 nitrogen and oxygen atoms in total. The van der Waals surface area contributed by atoms with Crippen LogP contribution in [0.1, 0.15) is 105 Å². The van der Waals surface area contributed by atoms with Gasteiger partial charge in [-0.3, -0.25) is 33.6 Å². The zero-order valence-electron chi connectivity index (χ0n) is 42.4. The van der Waals surface area contributed by atoms with Gasteiger partial charge in [0.1, 0.15) is 36.5 Å². The van der Waals surface area contributed by atoms with Gasteiger partial charge in [0.25, 0.3) is 0 Å². The molecular weight excluding hydrogens is 923 g/mol. The molecule has 71 heavy (non-hydrogen) atoms. The SMILES string of the molecule is CCCCCC/C=C\CC(=O)N[C@@H](CO)[C@@H](O)CC(=O)N[C@H](C(=O)N[C@@H](CO)[C@@H](O)CC(=O)N[C@H](C(=O)N[C@@H]1/C=C\C(=O)N[C@@H](C(C)C)C(=O)N(C)[C@@H](Cc2ccc(O)cc2)C(=O)OC1)C(C)C)C(C)C. The number of aliphatic hydroxyl groups excluding tert-OH is 4. The Labute approximate surface area is 417 Å². The third-order valence-corrected chi connectivity index (χ3v) is 11.9. The number of allylic oxidation sites excluding steroid dienone is 1. The Balaban J connectivity index is 2.11. The molecule has 1 aliphatic heterocycles. The summed E-state index contributed by atoms with van der Waals surface area (Å²) in [5.41, 5.74) is 0.598. The van der Waals surface area contributed by atoms with Crippen molar-refractivity contribution in [3.05, 3.63) is 54.1 Å². The van der Waals surface area contributed by atoms with Gasteiger partial charge in [-0.15, -0.1) is 0 Å². The van der Waals surface area contributed by atoms with E-state index in [9.17, 15) is 63.9 Å². The van der Waals surface area contributed by atoms with Crippen LogP contribution in [0.5, 0.6) is 5.75 Å². The van der Waals surface area contributed by atoms with E-state index >= 15 is 0 Å². The van der Waals surface area contributed by atoms with E-state index in [1.165, 1.54) is 30.2 Å². The van der Waals surface area contributed by atoms with Crippen LogP contribution in [0.4, 0.5) is 0 Å². The summed E-state index contributed by atoms with van der Waals surface area (Å²) in [5.74, 6) is -7.22. The second kappa shape index (κ2) is 31.4. The van der Waals surface area contributed by atoms with Gasteiger partial charge in [0.15, 0.2) is 0 Å². The van der Waals surface area contributed by atoms with Crippen molar-refractivity contribution >= 4 is 47.3 Å². The average Bonchev–Trinajstić information content (AvgIpc) is 3.31. The summed E-state index contributed by atoms with van der Waals surface area (Å²) in [5, 5.41) is 66.8. The number of nitrogens with zero attached hydrogens (tertiary/aromatic N) is 1. The number of hydrogen-bond donors (Lipinski definition) is 11. The fraction of sp³-hybridized carbons (Fsp3) is 0.640. The largest absolute Gasteiger partial charge is 0.508 e. The smallest absolute Gasteiger partial charge is 0.329 e. The third-order valence-electron chi connectivity index (χ3n) is 11.9. The summed E-state index contributed by atoms with van der Waals surface area (Å²) in [6, 6.07) is -2.37. The highest BCUT2D eigenvalue weighted by atomic mass is 16.5. The summed E-state index contributed by atoms with van der Waals surface area (Å²) in [7, 11) is 1.41. The number of aliphatic hydroxyl groups is 4. The van der Waals surface area contributed by atoms with Crippen molar-refractivity contribution in [2.75, 3.05) is 26.9 Å². The lowest BCUT2D eigenvalue weighted by atomic mass is 9.99. The van der Waals surface area contributed by atoms with Crippen molar-refractivity contribution < 1.29 is 68.6 Å². The van der Waals surface area contributed by atoms with Crippen molar-refractivity contribution in [3.8, 4) is 5.75 Å². The molecule has 2 rings (SSSR count). The van der Waals surface area contributed by atoms with Gasteiger partial charge in [-0.2, -0.15) is 0 Å². The van der Waals surface area contributed by atoms with Crippen molar-refractivity contribution in [2.24, 2.45) is 17.8 Å². The van der Waals surface area contributed by atoms with Gasteiger partial charge < -0.3 is 67.1 Å². The lowest BCUT2D eigenvalue weighted by molar-refractivity contribution is -0.156. The molecule has 0 aromatic heterocycles. The maximum atomic E-state index is 13.8. The molecule has 0 saturated heterocycles. The van der Waals surface area contributed by atoms with Crippen LogP contribution in [0.25, 0.3) is 0 Å². The number of phenolic OH excluding ortho intramolecular Hbond substituents is 1. The molecule has 1 aromatic carbocycles. The molecule has 7 amide bonds. The number of rotatable bonds is 27. The molecule has 1 aliphatic rings. The summed E-state index contributed by atoms with van der Waals surface area (Å²) in [4.78, 5) is 108. The molecule has 21 heteroatoms. The van der Waals surface area contributed by atoms with E-state index in [0.29, 0.717) is 5.56 Å². The molecule has 0 spiro atoms. The number of nitrogens with one attached hydrogen (secondary N) is 6. The number of unbranched alkanes of at least 4 members (excludes halogenated alkanes) is 4. The number of ether oxygens (including phenoxy) is 1. The Hall–Kier alpha value is -5.90. The number of phenols is 1. The molecule has 398 valence electrons. The molecule has 0 bridgehead atoms. The Bertz CT molecular complexity index is 1960. The number of likely N-dealkylation sites (N-methyl/N-ethyl adjacent to an activating group) is 1. The van der Waals surface area contributed by atoms with Crippen LogP contribution in [0.2, 0.25) is 0 Å². The maximum Gasteiger partial charge on any atom is 0.329 e. The van der Waals surface area contributed by atoms with E-state index < -0.39 is 152 Å². The van der Waals surface area contributed by atoms with Gasteiger partial charge in [0.05, 0.1) is 56.4 Å². The third kappa shape index (κ3) is 21.6. The van der Waals surface area contributed by atoms with E-state index in [-0.39, 0.29) is 18.6 Å². The highest BCUT2D eigenvalue weighted by Crippen LogP contribution is 2.18. The first kappa shape index (κ1) is 61.2. The lowest BCUT2D eigenvalue weighted by Crippen LogP contribution is -2.57. The second-order valence-corrected chi connectivity index (χ2v) is 19.0. The van der Waals surface area contributed by atoms with Gasteiger partial charge in [-0.1, -0.05) is 98.1 Å².